The molecule has 0 saturated carbocycles. The maximum Gasteiger partial charge on any atom is 0.326 e. The lowest BCUT2D eigenvalue weighted by Crippen LogP contribution is -2.63. The lowest BCUT2D eigenvalue weighted by Gasteiger charge is -2.28. The van der Waals surface area contributed by atoms with Gasteiger partial charge in [-0.2, -0.15) is 0 Å². The van der Waals surface area contributed by atoms with Crippen LogP contribution in [0.15, 0.2) is 54.6 Å². The molecule has 0 heterocycles. The van der Waals surface area contributed by atoms with Gasteiger partial charge in [-0.1, -0.05) is 70.2 Å². The SMILES string of the molecule is CC(C)C[C@H](NC(=O)[C@H](Cc1ccc(O)cc1)NC(=O)[C@H](CO)NC(=O)[C@H](CO)NC(=O)[C@@H](NC(=O)[C@H](CC(=O)O)NC(=O)[C@H](CO)NC(=O)[C@@H](NC(=O)[C@@H](N)Cc1ccccc1)[C@@H](C)O)C(C)C)C(=O)N[C@@H](CCC(=O)O)C(=O)O. The molecule has 2 aromatic carbocycles. The lowest BCUT2D eigenvalue weighted by molar-refractivity contribution is -0.144. The number of benzene rings is 2. The van der Waals surface area contributed by atoms with Gasteiger partial charge < -0.3 is 94.4 Å². The minimum absolute atomic E-state index is 0.0465. The van der Waals surface area contributed by atoms with Gasteiger partial charge in [0, 0.05) is 12.8 Å². The highest BCUT2D eigenvalue weighted by atomic mass is 16.4. The van der Waals surface area contributed by atoms with Crippen molar-refractivity contribution in [2.24, 2.45) is 17.6 Å². The van der Waals surface area contributed by atoms with Crippen LogP contribution in [0, 0.1) is 11.8 Å². The Morgan fingerprint density at radius 3 is 1.32 bits per heavy atom. The number of nitrogens with two attached hydrogens (primary N) is 1. The van der Waals surface area contributed by atoms with Crippen molar-refractivity contribution in [1.29, 1.82) is 0 Å². The average Bonchev–Trinajstić information content (AvgIpc) is 3.40. The molecule has 0 aliphatic carbocycles. The van der Waals surface area contributed by atoms with E-state index in [9.17, 15) is 93.3 Å². The summed E-state index contributed by atoms with van der Waals surface area (Å²) in [4.78, 5) is 156. The van der Waals surface area contributed by atoms with E-state index >= 15 is 0 Å². The first-order valence-corrected chi connectivity index (χ1v) is 25.5. The number of carbonyl (C=O) groups excluding carboxylic acids is 9. The summed E-state index contributed by atoms with van der Waals surface area (Å²) in [6, 6.07) is -3.23. The average molecular weight is 1150 g/mol. The van der Waals surface area contributed by atoms with Crippen LogP contribution in [0.1, 0.15) is 71.4 Å². The van der Waals surface area contributed by atoms with Crippen molar-refractivity contribution in [1.82, 2.24) is 47.9 Å². The molecule has 2 aromatic rings. The van der Waals surface area contributed by atoms with E-state index in [0.717, 1.165) is 6.92 Å². The van der Waals surface area contributed by atoms with Gasteiger partial charge in [0.05, 0.1) is 38.4 Å². The summed E-state index contributed by atoms with van der Waals surface area (Å²) >= 11 is 0. The van der Waals surface area contributed by atoms with E-state index in [-0.39, 0.29) is 30.9 Å². The van der Waals surface area contributed by atoms with Gasteiger partial charge in [0.25, 0.3) is 0 Å². The molecule has 448 valence electrons. The lowest BCUT2D eigenvalue weighted by atomic mass is 10.00. The predicted octanol–water partition coefficient (Wildman–Crippen LogP) is -5.65. The normalized spacial score (nSPS) is 15.2. The quantitative estimate of drug-likeness (QED) is 0.0306. The molecule has 0 spiro atoms. The summed E-state index contributed by atoms with van der Waals surface area (Å²) in [5.41, 5.74) is 7.02. The fourth-order valence-corrected chi connectivity index (χ4v) is 7.57. The van der Waals surface area contributed by atoms with E-state index in [1.807, 2.05) is 0 Å². The van der Waals surface area contributed by atoms with Crippen LogP contribution in [0.5, 0.6) is 5.75 Å². The Morgan fingerprint density at radius 1 is 0.457 bits per heavy atom. The number of phenols is 1. The molecule has 30 nitrogen and oxygen atoms in total. The summed E-state index contributed by atoms with van der Waals surface area (Å²) in [6.07, 6.45) is -4.21. The van der Waals surface area contributed by atoms with E-state index in [4.69, 9.17) is 10.8 Å². The summed E-state index contributed by atoms with van der Waals surface area (Å²) in [5.74, 6) is -16.3. The number of rotatable bonds is 35. The van der Waals surface area contributed by atoms with Gasteiger partial charge in [-0.3, -0.25) is 52.7 Å². The van der Waals surface area contributed by atoms with E-state index < -0.39 is 183 Å². The molecule has 2 rings (SSSR count). The third kappa shape index (κ3) is 23.9. The number of carbonyl (C=O) groups is 12. The largest absolute Gasteiger partial charge is 0.508 e. The fourth-order valence-electron chi connectivity index (χ4n) is 7.57. The Hall–Kier alpha value is -8.32. The number of aromatic hydroxyl groups is 1. The monoisotopic (exact) mass is 1150 g/mol. The number of carboxylic acid groups (broad SMARTS) is 3. The molecule has 0 aliphatic rings. The second kappa shape index (κ2) is 34.0. The van der Waals surface area contributed by atoms with E-state index in [1.54, 1.807) is 44.2 Å². The molecule has 0 radical (unpaired) electrons. The number of aliphatic hydroxyl groups is 4. The molecule has 9 amide bonds. The molecule has 81 heavy (non-hydrogen) atoms. The molecule has 0 saturated heterocycles. The van der Waals surface area contributed by atoms with Gasteiger partial charge in [0.15, 0.2) is 0 Å². The highest BCUT2D eigenvalue weighted by molar-refractivity contribution is 5.99. The highest BCUT2D eigenvalue weighted by Gasteiger charge is 2.37. The number of aliphatic hydroxyl groups excluding tert-OH is 4. The third-order valence-electron chi connectivity index (χ3n) is 12.0. The predicted molar refractivity (Wildman–Crippen MR) is 281 cm³/mol. The standard InChI is InChI=1S/C51H74N10O20/c1-24(2)17-32(43(72)53-31(51(80)81)15-16-38(67)68)54-44(73)33(19-28-11-13-29(66)14-12-28)55-46(75)35(21-62)57-48(77)37(23-64)58-49(78)40(25(3)4)60-45(74)34(20-39(69)70)56-47(76)36(22-63)59-50(79)41(26(5)65)61-42(71)30(52)18-27-9-7-6-8-10-27/h6-14,24-26,30-37,40-41,62-66H,15-23,52H2,1-5H3,(H,53,72)(H,54,73)(H,55,75)(H,56,76)(H,57,77)(H,58,78)(H,59,79)(H,60,74)(H,61,71)(H,67,68)(H,69,70)(H,80,81)/t26-,30+,31+,32+,33+,34+,35+,36+,37+,40+,41+/m1/s1. The number of nitrogens with one attached hydrogen (secondary N) is 9. The van der Waals surface area contributed by atoms with Gasteiger partial charge in [0.1, 0.15) is 60.1 Å². The zero-order valence-electron chi connectivity index (χ0n) is 45.1. The topological polar surface area (TPSA) is 501 Å². The Balaban J connectivity index is 2.27. The number of carboxylic acids is 3. The molecule has 11 atom stereocenters. The number of hydrogen-bond donors (Lipinski definition) is 18. The molecular weight excluding hydrogens is 1070 g/mol. The van der Waals surface area contributed by atoms with Crippen LogP contribution < -0.4 is 53.6 Å². The molecule has 0 aromatic heterocycles. The van der Waals surface area contributed by atoms with Crippen LogP contribution in [-0.2, 0) is 70.4 Å². The number of amides is 9. The Morgan fingerprint density at radius 2 is 0.864 bits per heavy atom. The van der Waals surface area contributed by atoms with Crippen LogP contribution in [0.3, 0.4) is 0 Å². The van der Waals surface area contributed by atoms with Gasteiger partial charge in [-0.05, 0) is 61.3 Å². The summed E-state index contributed by atoms with van der Waals surface area (Å²) in [7, 11) is 0. The Labute approximate surface area is 464 Å². The van der Waals surface area contributed by atoms with Crippen molar-refractivity contribution in [3.63, 3.8) is 0 Å². The number of aliphatic carboxylic acids is 3. The summed E-state index contributed by atoms with van der Waals surface area (Å²) < 4.78 is 0. The van der Waals surface area contributed by atoms with Crippen molar-refractivity contribution in [2.45, 2.75) is 140 Å². The second-order valence-electron chi connectivity index (χ2n) is 19.6. The van der Waals surface area contributed by atoms with Crippen molar-refractivity contribution >= 4 is 71.1 Å². The third-order valence-corrected chi connectivity index (χ3v) is 12.0. The molecule has 0 unspecified atom stereocenters. The van der Waals surface area contributed by atoms with E-state index in [0.29, 0.717) is 11.1 Å². The van der Waals surface area contributed by atoms with Crippen molar-refractivity contribution < 1.29 is 98.4 Å². The van der Waals surface area contributed by atoms with Crippen molar-refractivity contribution in [3.05, 3.63) is 65.7 Å². The first-order valence-electron chi connectivity index (χ1n) is 25.5. The van der Waals surface area contributed by atoms with E-state index in [2.05, 4.69) is 47.9 Å². The summed E-state index contributed by atoms with van der Waals surface area (Å²) in [6.45, 7) is 3.79. The van der Waals surface area contributed by atoms with Crippen molar-refractivity contribution in [3.8, 4) is 5.75 Å². The smallest absolute Gasteiger partial charge is 0.326 e. The number of phenolic OH excluding ortho intramolecular Hbond substituents is 1. The molecule has 0 fully saturated rings. The minimum atomic E-state index is -2.02. The van der Waals surface area contributed by atoms with Crippen LogP contribution in [0.4, 0.5) is 0 Å². The molecule has 19 N–H and O–H groups in total. The fraction of sp³-hybridized carbons (Fsp3) is 0.529. The molecular formula is C51H74N10O20. The zero-order chi connectivity index (χ0) is 61.3. The number of hydrogen-bond acceptors (Lipinski definition) is 18. The van der Waals surface area contributed by atoms with Gasteiger partial charge in [0.2, 0.25) is 53.2 Å². The zero-order valence-corrected chi connectivity index (χ0v) is 45.1. The maximum absolute atomic E-state index is 13.9. The van der Waals surface area contributed by atoms with Gasteiger partial charge in [-0.25, -0.2) is 4.79 Å². The van der Waals surface area contributed by atoms with E-state index in [1.165, 1.54) is 38.1 Å². The first-order chi connectivity index (χ1) is 38.0. The Bertz CT molecular complexity index is 2500. The van der Waals surface area contributed by atoms with Crippen LogP contribution in [0.2, 0.25) is 0 Å². The van der Waals surface area contributed by atoms with Crippen LogP contribution in [0.25, 0.3) is 0 Å². The highest BCUT2D eigenvalue weighted by Crippen LogP contribution is 2.14. The molecule has 0 aliphatic heterocycles. The minimum Gasteiger partial charge on any atom is -0.508 e. The summed E-state index contributed by atoms with van der Waals surface area (Å²) in [5, 5.41) is 99.0. The van der Waals surface area contributed by atoms with Crippen LogP contribution in [-0.4, -0.2) is 198 Å². The molecule has 30 heteroatoms. The second-order valence-corrected chi connectivity index (χ2v) is 19.6. The van der Waals surface area contributed by atoms with Crippen LogP contribution >= 0.6 is 0 Å². The molecule has 0 bridgehead atoms. The van der Waals surface area contributed by atoms with Crippen molar-refractivity contribution in [2.75, 3.05) is 19.8 Å². The van der Waals surface area contributed by atoms with Gasteiger partial charge >= 0.3 is 17.9 Å². The maximum atomic E-state index is 13.9. The van der Waals surface area contributed by atoms with Gasteiger partial charge in [-0.15, -0.1) is 0 Å². The first kappa shape index (κ1) is 68.8. The Kier molecular flexibility index (Phi) is 28.8.